The minimum atomic E-state index is -2.96. The second-order valence-corrected chi connectivity index (χ2v) is 16.4. The number of allylic oxidation sites excluding steroid dienone is 3. The van der Waals surface area contributed by atoms with Gasteiger partial charge in [0, 0.05) is 31.6 Å². The molecule has 2 fully saturated rings. The highest BCUT2D eigenvalue weighted by molar-refractivity contribution is 6.24. The highest BCUT2D eigenvalue weighted by Crippen LogP contribution is 2.34. The Morgan fingerprint density at radius 2 is 1.83 bits per heavy atom. The molecule has 5 amide bonds. The van der Waals surface area contributed by atoms with E-state index in [-0.39, 0.29) is 53.6 Å². The molecule has 8 rings (SSSR count). The van der Waals surface area contributed by atoms with Crippen LogP contribution in [0, 0.1) is 5.92 Å². The number of carbonyl (C=O) groups excluding carboxylic acids is 5. The highest BCUT2D eigenvalue weighted by atomic mass is 19.3. The number of amides is 5. The molecule has 21 nitrogen and oxygen atoms in total. The van der Waals surface area contributed by atoms with E-state index < -0.39 is 47.7 Å². The average molecular weight is 965 g/mol. The summed E-state index contributed by atoms with van der Waals surface area (Å²) in [5.41, 5.74) is 1.77. The van der Waals surface area contributed by atoms with Crippen LogP contribution in [0.25, 0.3) is 11.3 Å². The van der Waals surface area contributed by atoms with Crippen molar-refractivity contribution < 1.29 is 51.4 Å². The number of hydrogen-bond acceptors (Lipinski definition) is 16. The summed E-state index contributed by atoms with van der Waals surface area (Å²) in [5, 5.41) is 23.4. The number of aliphatic imine (C=N–C) groups is 1. The Labute approximate surface area is 399 Å². The van der Waals surface area contributed by atoms with Crippen molar-refractivity contribution in [3.8, 4) is 11.4 Å². The summed E-state index contributed by atoms with van der Waals surface area (Å²) in [4.78, 5) is 72.7. The third-order valence-corrected chi connectivity index (χ3v) is 11.4. The quantitative estimate of drug-likeness (QED) is 0.0274. The highest BCUT2D eigenvalue weighted by Gasteiger charge is 2.46. The molecule has 366 valence electrons. The summed E-state index contributed by atoms with van der Waals surface area (Å²) in [6, 6.07) is 10.7. The first kappa shape index (κ1) is 48.7. The van der Waals surface area contributed by atoms with Gasteiger partial charge in [-0.25, -0.2) is 28.1 Å². The van der Waals surface area contributed by atoms with Crippen LogP contribution in [0.1, 0.15) is 93.1 Å². The molecule has 0 spiro atoms. The van der Waals surface area contributed by atoms with Gasteiger partial charge in [0.2, 0.25) is 17.7 Å². The molecule has 0 bridgehead atoms. The third-order valence-electron chi connectivity index (χ3n) is 11.4. The molecule has 1 saturated carbocycles. The molecule has 1 aliphatic carbocycles. The Bertz CT molecular complexity index is 2800. The van der Waals surface area contributed by atoms with E-state index in [4.69, 9.17) is 18.6 Å². The van der Waals surface area contributed by atoms with Gasteiger partial charge < -0.3 is 34.6 Å². The first-order valence-electron chi connectivity index (χ1n) is 22.5. The van der Waals surface area contributed by atoms with Crippen LogP contribution in [0.4, 0.5) is 14.5 Å². The van der Waals surface area contributed by atoms with Crippen LogP contribution < -0.4 is 26.0 Å². The van der Waals surface area contributed by atoms with Gasteiger partial charge in [0.05, 0.1) is 67.9 Å². The number of piperidine rings is 1. The zero-order valence-electron chi connectivity index (χ0n) is 38.1. The Balaban J connectivity index is 0.711. The number of fused-ring (bicyclic) bond motifs is 1. The number of halogens is 2. The van der Waals surface area contributed by atoms with Gasteiger partial charge in [0.15, 0.2) is 11.4 Å². The maximum atomic E-state index is 14.1. The molecule has 1 saturated heterocycles. The van der Waals surface area contributed by atoms with Crippen molar-refractivity contribution in [3.05, 3.63) is 119 Å². The predicted molar refractivity (Wildman–Crippen MR) is 246 cm³/mol. The van der Waals surface area contributed by atoms with E-state index in [1.165, 1.54) is 29.8 Å². The summed E-state index contributed by atoms with van der Waals surface area (Å²) >= 11 is 0. The summed E-state index contributed by atoms with van der Waals surface area (Å²) < 4.78 is 53.8. The standard InChI is InChI=1S/C47H50F2N12O9/c1-3-30(21-38(50-2)52-23-29-7-8-29)45-54-35(27-70-45)43(63)53-34-25-60(57-41(34)42(48)49)32-11-9-28(10-12-32)22-51-15-17-67-19-20-68-18-16-59-24-31(56-58-59)26-69-37-6-4-5-33-40(37)47(66)61(46(33)65)36-13-14-39(62)55-44(36)64/h3-6,9-12,21,24-25,27,29,36,42,51-52H,2,7-8,13-20,22-23,26H2,1H3,(H,53,63)(H,55,62,64)/b30-3+,38-21+. The smallest absolute Gasteiger partial charge is 0.284 e. The topological polar surface area (TPSA) is 251 Å². The van der Waals surface area contributed by atoms with E-state index in [2.05, 4.69) is 53.4 Å². The first-order chi connectivity index (χ1) is 34.0. The molecule has 23 heteroatoms. The molecule has 2 aliphatic heterocycles. The molecule has 3 aromatic heterocycles. The van der Waals surface area contributed by atoms with Gasteiger partial charge in [-0.2, -0.15) is 5.10 Å². The summed E-state index contributed by atoms with van der Waals surface area (Å²) in [6.45, 7) is 9.10. The molecular weight excluding hydrogens is 915 g/mol. The lowest BCUT2D eigenvalue weighted by Gasteiger charge is -2.27. The number of hydrogen-bond donors (Lipinski definition) is 4. The number of anilines is 1. The largest absolute Gasteiger partial charge is 0.486 e. The Hall–Kier alpha value is -7.76. The number of aromatic nitrogens is 6. The van der Waals surface area contributed by atoms with Crippen LogP contribution in [-0.4, -0.2) is 116 Å². The normalized spacial score (nSPS) is 16.2. The molecule has 5 heterocycles. The lowest BCUT2D eigenvalue weighted by Crippen LogP contribution is -2.54. The van der Waals surface area contributed by atoms with E-state index in [0.29, 0.717) is 74.8 Å². The second-order valence-electron chi connectivity index (χ2n) is 16.4. The van der Waals surface area contributed by atoms with E-state index in [1.54, 1.807) is 54.2 Å². The van der Waals surface area contributed by atoms with Gasteiger partial charge in [0.1, 0.15) is 36.2 Å². The molecule has 1 atom stereocenters. The number of rotatable bonds is 25. The summed E-state index contributed by atoms with van der Waals surface area (Å²) in [7, 11) is 0. The molecule has 2 aromatic carbocycles. The molecule has 5 aromatic rings. The van der Waals surface area contributed by atoms with Gasteiger partial charge in [0.25, 0.3) is 24.1 Å². The van der Waals surface area contributed by atoms with Crippen molar-refractivity contribution >= 4 is 47.5 Å². The average Bonchev–Trinajstić information content (AvgIpc) is 3.63. The number of benzene rings is 2. The number of nitrogens with one attached hydrogen (secondary N) is 4. The van der Waals surface area contributed by atoms with Crippen LogP contribution >= 0.6 is 0 Å². The van der Waals surface area contributed by atoms with Gasteiger partial charge in [-0.1, -0.05) is 29.5 Å². The number of alkyl halides is 2. The van der Waals surface area contributed by atoms with Crippen molar-refractivity contribution in [1.82, 2.24) is 50.6 Å². The maximum absolute atomic E-state index is 14.1. The van der Waals surface area contributed by atoms with Crippen molar-refractivity contribution in [2.45, 2.75) is 64.8 Å². The first-order valence-corrected chi connectivity index (χ1v) is 22.5. The van der Waals surface area contributed by atoms with Crippen LogP contribution in [0.2, 0.25) is 0 Å². The van der Waals surface area contributed by atoms with Gasteiger partial charge in [-0.3, -0.25) is 34.2 Å². The minimum Gasteiger partial charge on any atom is -0.486 e. The minimum absolute atomic E-state index is 0.0195. The Kier molecular flexibility index (Phi) is 15.7. The van der Waals surface area contributed by atoms with Crippen molar-refractivity contribution in [2.75, 3.05) is 44.8 Å². The number of ether oxygens (including phenoxy) is 3. The second kappa shape index (κ2) is 22.6. The molecule has 70 heavy (non-hydrogen) atoms. The summed E-state index contributed by atoms with van der Waals surface area (Å²) in [6.07, 6.45) is 7.05. The van der Waals surface area contributed by atoms with Crippen molar-refractivity contribution in [3.63, 3.8) is 0 Å². The molecule has 0 radical (unpaired) electrons. The molecule has 3 aliphatic rings. The fourth-order valence-electron chi connectivity index (χ4n) is 7.51. The Morgan fingerprint density at radius 1 is 1.03 bits per heavy atom. The lowest BCUT2D eigenvalue weighted by atomic mass is 10.0. The van der Waals surface area contributed by atoms with E-state index >= 15 is 0 Å². The number of nitrogens with zero attached hydrogens (tertiary/aromatic N) is 8. The zero-order valence-corrected chi connectivity index (χ0v) is 38.1. The van der Waals surface area contributed by atoms with Gasteiger partial charge >= 0.3 is 0 Å². The monoisotopic (exact) mass is 964 g/mol. The number of imide groups is 2. The fourth-order valence-corrected chi connectivity index (χ4v) is 7.51. The van der Waals surface area contributed by atoms with Crippen LogP contribution in [0.15, 0.2) is 88.5 Å². The Morgan fingerprint density at radius 3 is 2.57 bits per heavy atom. The van der Waals surface area contributed by atoms with Crippen LogP contribution in [0.5, 0.6) is 5.75 Å². The van der Waals surface area contributed by atoms with Crippen molar-refractivity contribution in [1.29, 1.82) is 0 Å². The molecular formula is C47H50F2N12O9. The van der Waals surface area contributed by atoms with E-state index in [1.807, 2.05) is 12.1 Å². The third kappa shape index (κ3) is 11.9. The molecule has 4 N–H and O–H groups in total. The van der Waals surface area contributed by atoms with Crippen LogP contribution in [0.3, 0.4) is 0 Å². The van der Waals surface area contributed by atoms with E-state index in [9.17, 15) is 32.8 Å². The molecule has 1 unspecified atom stereocenters. The number of oxazole rings is 1. The maximum Gasteiger partial charge on any atom is 0.284 e. The summed E-state index contributed by atoms with van der Waals surface area (Å²) in [5.74, 6) is -1.71. The van der Waals surface area contributed by atoms with E-state index in [0.717, 1.165) is 23.3 Å². The van der Waals surface area contributed by atoms with Gasteiger partial charge in [-0.15, -0.1) is 5.10 Å². The lowest BCUT2D eigenvalue weighted by molar-refractivity contribution is -0.136. The fraction of sp³-hybridized carbons (Fsp3) is 0.362. The van der Waals surface area contributed by atoms with Crippen molar-refractivity contribution in [2.24, 2.45) is 10.9 Å². The SMILES string of the molecule is C=N/C(=C\C(=C/C)c1nc(C(=O)Nc2cn(-c3ccc(CNCCOCCOCCn4cc(COc5cccc6c5C(=O)N(C5CCC(=O)NC5=O)C6=O)nn4)cc3)nc2C(F)F)co1)NCC1CC1. The number of carbonyl (C=O) groups is 5. The predicted octanol–water partition coefficient (Wildman–Crippen LogP) is 4.39. The van der Waals surface area contributed by atoms with Gasteiger partial charge in [-0.05, 0) is 74.7 Å². The van der Waals surface area contributed by atoms with Crippen LogP contribution in [-0.2, 0) is 38.8 Å². The zero-order chi connectivity index (χ0) is 49.1.